The summed E-state index contributed by atoms with van der Waals surface area (Å²) in [6.45, 7) is 1.66. The van der Waals surface area contributed by atoms with Crippen LogP contribution in [0.2, 0.25) is 0 Å². The van der Waals surface area contributed by atoms with Crippen molar-refractivity contribution in [3.05, 3.63) is 12.2 Å². The fraction of sp³-hybridized carbons (Fsp3) is 0.500. The van der Waals surface area contributed by atoms with Gasteiger partial charge < -0.3 is 10.6 Å². The molecule has 12 heavy (non-hydrogen) atoms. The number of carbonyl (C=O) groups excluding carboxylic acids is 2. The molecule has 0 bridgehead atoms. The van der Waals surface area contributed by atoms with Crippen LogP contribution < -0.4 is 5.73 Å². The highest BCUT2D eigenvalue weighted by atomic mass is 16.2. The molecule has 0 aromatic rings. The lowest BCUT2D eigenvalue weighted by molar-refractivity contribution is -0.140. The molecule has 0 spiro atoms. The lowest BCUT2D eigenvalue weighted by Crippen LogP contribution is -2.56. The summed E-state index contributed by atoms with van der Waals surface area (Å²) in [5.74, 6) is -0.648. The van der Waals surface area contributed by atoms with E-state index in [1.807, 2.05) is 0 Å². The van der Waals surface area contributed by atoms with Crippen molar-refractivity contribution >= 4 is 11.8 Å². The van der Waals surface area contributed by atoms with Gasteiger partial charge in [-0.3, -0.25) is 9.59 Å². The molecule has 2 N–H and O–H groups in total. The van der Waals surface area contributed by atoms with Crippen molar-refractivity contribution < 1.29 is 9.59 Å². The maximum Gasteiger partial charge on any atom is 0.246 e. The minimum Gasteiger partial charge on any atom is -0.368 e. The fourth-order valence-electron chi connectivity index (χ4n) is 1.15. The number of carbonyl (C=O) groups is 2. The van der Waals surface area contributed by atoms with Gasteiger partial charge in [0.25, 0.3) is 0 Å². The zero-order valence-corrected chi connectivity index (χ0v) is 7.20. The Kier molecular flexibility index (Phi) is 1.92. The summed E-state index contributed by atoms with van der Waals surface area (Å²) in [6, 6.07) is 0. The van der Waals surface area contributed by atoms with Crippen LogP contribution in [-0.4, -0.2) is 29.3 Å². The average molecular weight is 168 g/mol. The van der Waals surface area contributed by atoms with Crippen LogP contribution in [0.25, 0.3) is 0 Å². The van der Waals surface area contributed by atoms with Crippen molar-refractivity contribution in [1.29, 1.82) is 0 Å². The molecule has 0 saturated heterocycles. The van der Waals surface area contributed by atoms with E-state index < -0.39 is 11.4 Å². The molecule has 66 valence electrons. The summed E-state index contributed by atoms with van der Waals surface area (Å²) in [5.41, 5.74) is 4.33. The molecule has 1 aliphatic rings. The Bertz CT molecular complexity index is 260. The normalized spacial score (nSPS) is 29.2. The van der Waals surface area contributed by atoms with E-state index in [1.54, 1.807) is 20.0 Å². The van der Waals surface area contributed by atoms with E-state index in [4.69, 9.17) is 5.73 Å². The molecule has 2 amide bonds. The maximum absolute atomic E-state index is 11.1. The number of nitrogens with two attached hydrogens (primary N) is 1. The first-order valence-corrected chi connectivity index (χ1v) is 3.73. The molecule has 0 aromatic carbocycles. The fourth-order valence-corrected chi connectivity index (χ4v) is 1.15. The van der Waals surface area contributed by atoms with E-state index in [0.717, 1.165) is 0 Å². The van der Waals surface area contributed by atoms with Gasteiger partial charge in [0.05, 0.1) is 0 Å². The van der Waals surface area contributed by atoms with Crippen molar-refractivity contribution in [3.63, 3.8) is 0 Å². The van der Waals surface area contributed by atoms with E-state index in [2.05, 4.69) is 0 Å². The molecule has 1 unspecified atom stereocenters. The van der Waals surface area contributed by atoms with Crippen molar-refractivity contribution in [1.82, 2.24) is 4.90 Å². The smallest absolute Gasteiger partial charge is 0.246 e. The second-order valence-electron chi connectivity index (χ2n) is 3.14. The zero-order valence-electron chi connectivity index (χ0n) is 7.20. The molecular weight excluding hydrogens is 156 g/mol. The molecule has 0 aliphatic carbocycles. The second-order valence-corrected chi connectivity index (χ2v) is 3.14. The number of amides is 2. The Morgan fingerprint density at radius 3 is 2.75 bits per heavy atom. The molecule has 1 atom stereocenters. The molecular formula is C8H12N2O2. The van der Waals surface area contributed by atoms with Gasteiger partial charge in [0, 0.05) is 7.05 Å². The zero-order chi connectivity index (χ0) is 9.35. The van der Waals surface area contributed by atoms with E-state index >= 15 is 0 Å². The minimum absolute atomic E-state index is 0.178. The van der Waals surface area contributed by atoms with Crippen LogP contribution in [-0.2, 0) is 9.59 Å². The van der Waals surface area contributed by atoms with Gasteiger partial charge >= 0.3 is 0 Å². The summed E-state index contributed by atoms with van der Waals surface area (Å²) >= 11 is 0. The van der Waals surface area contributed by atoms with E-state index in [0.29, 0.717) is 6.42 Å². The standard InChI is InChI=1S/C8H12N2O2/c1-8(7(9)12)5-3-4-6(11)10(8)2/h3-4H,5H2,1-2H3,(H2,9,12). The quantitative estimate of drug-likeness (QED) is 0.581. The van der Waals surface area contributed by atoms with Crippen molar-refractivity contribution in [2.24, 2.45) is 5.73 Å². The number of hydrogen-bond acceptors (Lipinski definition) is 2. The average Bonchev–Trinajstić information content (AvgIpc) is 2.00. The van der Waals surface area contributed by atoms with Gasteiger partial charge in [-0.2, -0.15) is 0 Å². The van der Waals surface area contributed by atoms with Crippen LogP contribution in [0.4, 0.5) is 0 Å². The van der Waals surface area contributed by atoms with Gasteiger partial charge in [0.1, 0.15) is 5.54 Å². The topological polar surface area (TPSA) is 63.4 Å². The molecule has 0 radical (unpaired) electrons. The number of hydrogen-bond donors (Lipinski definition) is 1. The lowest BCUT2D eigenvalue weighted by Gasteiger charge is -2.37. The van der Waals surface area contributed by atoms with Crippen LogP contribution in [0.1, 0.15) is 13.3 Å². The lowest BCUT2D eigenvalue weighted by atomic mass is 9.92. The number of nitrogens with zero attached hydrogens (tertiary/aromatic N) is 1. The van der Waals surface area contributed by atoms with Crippen molar-refractivity contribution in [2.45, 2.75) is 18.9 Å². The first-order chi connectivity index (χ1) is 5.48. The molecule has 0 saturated carbocycles. The van der Waals surface area contributed by atoms with Gasteiger partial charge in [0.2, 0.25) is 11.8 Å². The van der Waals surface area contributed by atoms with Crippen LogP contribution in [0.3, 0.4) is 0 Å². The first-order valence-electron chi connectivity index (χ1n) is 3.73. The molecule has 4 nitrogen and oxygen atoms in total. The molecule has 1 heterocycles. The van der Waals surface area contributed by atoms with Gasteiger partial charge in [-0.15, -0.1) is 0 Å². The predicted octanol–water partition coefficient (Wildman–Crippen LogP) is -0.351. The third-order valence-electron chi connectivity index (χ3n) is 2.38. The monoisotopic (exact) mass is 168 g/mol. The van der Waals surface area contributed by atoms with E-state index in [9.17, 15) is 9.59 Å². The van der Waals surface area contributed by atoms with Crippen LogP contribution in [0, 0.1) is 0 Å². The van der Waals surface area contributed by atoms with Gasteiger partial charge in [-0.1, -0.05) is 6.08 Å². The first kappa shape index (κ1) is 8.77. The predicted molar refractivity (Wildman–Crippen MR) is 44.1 cm³/mol. The van der Waals surface area contributed by atoms with E-state index in [1.165, 1.54) is 11.0 Å². The Morgan fingerprint density at radius 1 is 1.75 bits per heavy atom. The van der Waals surface area contributed by atoms with Crippen LogP contribution in [0.15, 0.2) is 12.2 Å². The van der Waals surface area contributed by atoms with Crippen molar-refractivity contribution in [2.75, 3.05) is 7.05 Å². The summed E-state index contributed by atoms with van der Waals surface area (Å²) in [7, 11) is 1.58. The number of rotatable bonds is 1. The van der Waals surface area contributed by atoms with Gasteiger partial charge in [-0.25, -0.2) is 0 Å². The summed E-state index contributed by atoms with van der Waals surface area (Å²) in [4.78, 5) is 23.5. The Morgan fingerprint density at radius 2 is 2.33 bits per heavy atom. The van der Waals surface area contributed by atoms with Gasteiger partial charge in [0.15, 0.2) is 0 Å². The summed E-state index contributed by atoms with van der Waals surface area (Å²) in [6.07, 6.45) is 3.61. The van der Waals surface area contributed by atoms with E-state index in [-0.39, 0.29) is 5.91 Å². The highest BCUT2D eigenvalue weighted by Gasteiger charge is 2.38. The highest BCUT2D eigenvalue weighted by Crippen LogP contribution is 2.22. The van der Waals surface area contributed by atoms with Crippen molar-refractivity contribution in [3.8, 4) is 0 Å². The largest absolute Gasteiger partial charge is 0.368 e. The SMILES string of the molecule is CN1C(=O)C=CCC1(C)C(N)=O. The number of likely N-dealkylation sites (N-methyl/N-ethyl adjacent to an activating group) is 1. The molecule has 1 rings (SSSR count). The highest BCUT2D eigenvalue weighted by molar-refractivity contribution is 5.96. The summed E-state index contributed by atoms with van der Waals surface area (Å²) < 4.78 is 0. The minimum atomic E-state index is -0.855. The van der Waals surface area contributed by atoms with Crippen LogP contribution in [0.5, 0.6) is 0 Å². The second kappa shape index (κ2) is 2.62. The number of primary amides is 1. The third kappa shape index (κ3) is 1.09. The Labute approximate surface area is 71.0 Å². The molecule has 0 fully saturated rings. The van der Waals surface area contributed by atoms with Crippen LogP contribution >= 0.6 is 0 Å². The summed E-state index contributed by atoms with van der Waals surface area (Å²) in [5, 5.41) is 0. The Balaban J connectivity index is 3.00. The molecule has 1 aliphatic heterocycles. The molecule has 4 heteroatoms. The van der Waals surface area contributed by atoms with Gasteiger partial charge in [-0.05, 0) is 19.4 Å². The maximum atomic E-state index is 11.1. The Hall–Kier alpha value is -1.32. The third-order valence-corrected chi connectivity index (χ3v) is 2.38. The molecule has 0 aromatic heterocycles.